The fourth-order valence-electron chi connectivity index (χ4n) is 2.38. The highest BCUT2D eigenvalue weighted by atomic mass is 32.3. The summed E-state index contributed by atoms with van der Waals surface area (Å²) in [6.45, 7) is 0. The number of hydrogen-bond acceptors (Lipinski definition) is 2. The minimum atomic E-state index is -4.23. The van der Waals surface area contributed by atoms with Gasteiger partial charge in [0.2, 0.25) is 0 Å². The van der Waals surface area contributed by atoms with Crippen molar-refractivity contribution in [1.29, 1.82) is 0 Å². The molecule has 0 bridgehead atoms. The molecule has 0 aromatic rings. The van der Waals surface area contributed by atoms with Gasteiger partial charge in [0.25, 0.3) is 0 Å². The van der Waals surface area contributed by atoms with Gasteiger partial charge in [-0.2, -0.15) is 8.42 Å². The average molecular weight is 178 g/mol. The van der Waals surface area contributed by atoms with Crippen molar-refractivity contribution < 1.29 is 12.3 Å². The largest absolute Gasteiger partial charge is 0.305 e. The summed E-state index contributed by atoms with van der Waals surface area (Å²) in [6, 6.07) is 0. The molecule has 2 saturated carbocycles. The van der Waals surface area contributed by atoms with Gasteiger partial charge in [0.05, 0.1) is 5.25 Å². The van der Waals surface area contributed by atoms with E-state index in [2.05, 4.69) is 0 Å². The van der Waals surface area contributed by atoms with E-state index >= 15 is 0 Å². The standard InChI is InChI=1S/C7H11FO2S/c8-11(9,10)7-4-2-5-1-3-6(5)7/h5-7H,1-4H2/t5-,6-,7?/m0/s1. The first kappa shape index (κ1) is 7.53. The highest BCUT2D eigenvalue weighted by Gasteiger charge is 2.48. The zero-order valence-corrected chi connectivity index (χ0v) is 6.98. The smallest absolute Gasteiger partial charge is 0.195 e. The minimum Gasteiger partial charge on any atom is -0.195 e. The van der Waals surface area contributed by atoms with E-state index in [1.807, 2.05) is 0 Å². The summed E-state index contributed by atoms with van der Waals surface area (Å²) in [5, 5.41) is -0.652. The van der Waals surface area contributed by atoms with Crippen molar-refractivity contribution in [3.05, 3.63) is 0 Å². The molecule has 2 aliphatic carbocycles. The zero-order valence-electron chi connectivity index (χ0n) is 6.16. The number of halogens is 1. The zero-order chi connectivity index (χ0) is 8.06. The van der Waals surface area contributed by atoms with Gasteiger partial charge in [-0.3, -0.25) is 0 Å². The van der Waals surface area contributed by atoms with E-state index in [1.54, 1.807) is 0 Å². The Bertz CT molecular complexity index is 260. The molecule has 0 N–H and O–H groups in total. The fraction of sp³-hybridized carbons (Fsp3) is 1.00. The molecule has 0 heterocycles. The molecule has 2 rings (SSSR count). The molecule has 0 spiro atoms. The van der Waals surface area contributed by atoms with Gasteiger partial charge >= 0.3 is 10.2 Å². The second-order valence-corrected chi connectivity index (χ2v) is 5.15. The second kappa shape index (κ2) is 2.19. The topological polar surface area (TPSA) is 34.1 Å². The quantitative estimate of drug-likeness (QED) is 0.570. The molecule has 0 amide bonds. The minimum absolute atomic E-state index is 0.157. The van der Waals surface area contributed by atoms with Crippen molar-refractivity contribution in [1.82, 2.24) is 0 Å². The third kappa shape index (κ3) is 1.08. The van der Waals surface area contributed by atoms with Gasteiger partial charge in [-0.15, -0.1) is 3.89 Å². The first-order valence-electron chi connectivity index (χ1n) is 4.02. The van der Waals surface area contributed by atoms with E-state index in [-0.39, 0.29) is 5.92 Å². The maximum Gasteiger partial charge on any atom is 0.305 e. The fourth-order valence-corrected chi connectivity index (χ4v) is 3.58. The third-order valence-corrected chi connectivity index (χ3v) is 4.45. The summed E-state index contributed by atoms with van der Waals surface area (Å²) >= 11 is 0. The highest BCUT2D eigenvalue weighted by Crippen LogP contribution is 2.49. The van der Waals surface area contributed by atoms with Gasteiger partial charge in [-0.25, -0.2) is 0 Å². The maximum absolute atomic E-state index is 12.5. The summed E-state index contributed by atoms with van der Waals surface area (Å²) in [7, 11) is -4.23. The van der Waals surface area contributed by atoms with E-state index in [0.29, 0.717) is 12.3 Å². The molecule has 2 aliphatic rings. The van der Waals surface area contributed by atoms with Gasteiger partial charge in [0.1, 0.15) is 0 Å². The van der Waals surface area contributed by atoms with Crippen molar-refractivity contribution in [3.8, 4) is 0 Å². The second-order valence-electron chi connectivity index (χ2n) is 3.59. The van der Waals surface area contributed by atoms with Crippen LogP contribution < -0.4 is 0 Å². The van der Waals surface area contributed by atoms with Crippen LogP contribution in [0.2, 0.25) is 0 Å². The molecule has 3 atom stereocenters. The Morgan fingerprint density at radius 2 is 1.73 bits per heavy atom. The van der Waals surface area contributed by atoms with Gasteiger partial charge < -0.3 is 0 Å². The normalized spacial score (nSPS) is 43.2. The predicted molar refractivity (Wildman–Crippen MR) is 39.3 cm³/mol. The Balaban J connectivity index is 2.18. The number of fused-ring (bicyclic) bond motifs is 1. The van der Waals surface area contributed by atoms with Crippen LogP contribution in [0.4, 0.5) is 3.89 Å². The van der Waals surface area contributed by atoms with E-state index < -0.39 is 15.5 Å². The third-order valence-electron chi connectivity index (χ3n) is 3.14. The first-order valence-corrected chi connectivity index (χ1v) is 5.47. The molecular formula is C7H11FO2S. The number of hydrogen-bond donors (Lipinski definition) is 0. The van der Waals surface area contributed by atoms with E-state index in [4.69, 9.17) is 0 Å². The Morgan fingerprint density at radius 1 is 1.09 bits per heavy atom. The van der Waals surface area contributed by atoms with Crippen LogP contribution in [0, 0.1) is 11.8 Å². The molecule has 2 nitrogen and oxygen atoms in total. The maximum atomic E-state index is 12.5. The van der Waals surface area contributed by atoms with Crippen molar-refractivity contribution in [2.45, 2.75) is 30.9 Å². The summed E-state index contributed by atoms with van der Waals surface area (Å²) in [5.41, 5.74) is 0. The van der Waals surface area contributed by atoms with Crippen LogP contribution in [-0.4, -0.2) is 13.7 Å². The average Bonchev–Trinajstić information content (AvgIpc) is 2.05. The lowest BCUT2D eigenvalue weighted by Gasteiger charge is -2.32. The lowest BCUT2D eigenvalue weighted by Crippen LogP contribution is -2.31. The van der Waals surface area contributed by atoms with Crippen LogP contribution in [0.5, 0.6) is 0 Å². The molecule has 2 fully saturated rings. The lowest BCUT2D eigenvalue weighted by atomic mass is 9.76. The molecule has 64 valence electrons. The van der Waals surface area contributed by atoms with E-state index in [1.165, 1.54) is 0 Å². The van der Waals surface area contributed by atoms with Crippen molar-refractivity contribution in [3.63, 3.8) is 0 Å². The summed E-state index contributed by atoms with van der Waals surface area (Å²) in [6.07, 6.45) is 3.49. The molecule has 0 aromatic heterocycles. The van der Waals surface area contributed by atoms with Gasteiger partial charge in [-0.1, -0.05) is 0 Å². The molecule has 1 unspecified atom stereocenters. The molecular weight excluding hydrogens is 167 g/mol. The monoisotopic (exact) mass is 178 g/mol. The Labute approximate surface area is 66.0 Å². The Morgan fingerprint density at radius 3 is 2.00 bits per heavy atom. The van der Waals surface area contributed by atoms with Gasteiger partial charge in [0, 0.05) is 0 Å². The van der Waals surface area contributed by atoms with Crippen LogP contribution in [-0.2, 0) is 10.2 Å². The highest BCUT2D eigenvalue weighted by molar-refractivity contribution is 7.87. The van der Waals surface area contributed by atoms with Crippen LogP contribution in [0.15, 0.2) is 0 Å². The van der Waals surface area contributed by atoms with Crippen molar-refractivity contribution in [2.75, 3.05) is 0 Å². The molecule has 4 heteroatoms. The SMILES string of the molecule is O=S(=O)(F)C1CC[C@@H]2CC[C@H]12. The summed E-state index contributed by atoms with van der Waals surface area (Å²) < 4.78 is 33.6. The molecule has 0 saturated heterocycles. The predicted octanol–water partition coefficient (Wildman–Crippen LogP) is 1.47. The molecule has 11 heavy (non-hydrogen) atoms. The lowest BCUT2D eigenvalue weighted by molar-refractivity contribution is 0.218. The van der Waals surface area contributed by atoms with E-state index in [0.717, 1.165) is 19.3 Å². The summed E-state index contributed by atoms with van der Waals surface area (Å²) in [4.78, 5) is 0. The Hall–Kier alpha value is -0.120. The summed E-state index contributed by atoms with van der Waals surface area (Å²) in [5.74, 6) is 0.676. The van der Waals surface area contributed by atoms with Crippen LogP contribution in [0.1, 0.15) is 25.7 Å². The van der Waals surface area contributed by atoms with Gasteiger partial charge in [-0.05, 0) is 37.5 Å². The van der Waals surface area contributed by atoms with Crippen molar-refractivity contribution in [2.24, 2.45) is 11.8 Å². The Kier molecular flexibility index (Phi) is 1.50. The van der Waals surface area contributed by atoms with Crippen molar-refractivity contribution >= 4 is 10.2 Å². The number of rotatable bonds is 1. The van der Waals surface area contributed by atoms with Crippen LogP contribution in [0.25, 0.3) is 0 Å². The van der Waals surface area contributed by atoms with E-state index in [9.17, 15) is 12.3 Å². The van der Waals surface area contributed by atoms with Gasteiger partial charge in [0.15, 0.2) is 0 Å². The molecule has 0 aliphatic heterocycles. The van der Waals surface area contributed by atoms with Crippen LogP contribution >= 0.6 is 0 Å². The molecule has 0 radical (unpaired) electrons. The first-order chi connectivity index (χ1) is 5.09. The van der Waals surface area contributed by atoms with Crippen LogP contribution in [0.3, 0.4) is 0 Å². The molecule has 0 aromatic carbocycles.